The minimum absolute atomic E-state index is 0.121. The number of pyridine rings is 1. The maximum atomic E-state index is 12.0. The second kappa shape index (κ2) is 7.33. The number of hydrogen-bond acceptors (Lipinski definition) is 5. The highest BCUT2D eigenvalue weighted by Crippen LogP contribution is 2.13. The van der Waals surface area contributed by atoms with Crippen molar-refractivity contribution in [1.29, 1.82) is 0 Å². The molecule has 2 rings (SSSR count). The van der Waals surface area contributed by atoms with Gasteiger partial charge in [0.05, 0.1) is 18.8 Å². The van der Waals surface area contributed by atoms with E-state index in [4.69, 9.17) is 22.7 Å². The molecule has 1 aliphatic rings. The van der Waals surface area contributed by atoms with E-state index in [9.17, 15) is 4.79 Å². The molecule has 0 spiro atoms. The molecule has 0 bridgehead atoms. The molecule has 3 N–H and O–H groups in total. The number of aromatic nitrogens is 1. The van der Waals surface area contributed by atoms with Crippen molar-refractivity contribution in [1.82, 2.24) is 9.88 Å². The Balaban J connectivity index is 1.89. The molecule has 1 aromatic heterocycles. The molecule has 1 fully saturated rings. The zero-order valence-electron chi connectivity index (χ0n) is 12.1. The van der Waals surface area contributed by atoms with Crippen molar-refractivity contribution in [3.05, 3.63) is 23.4 Å². The normalized spacial score (nSPS) is 14.8. The van der Waals surface area contributed by atoms with E-state index in [1.165, 1.54) is 0 Å². The summed E-state index contributed by atoms with van der Waals surface area (Å²) in [4.78, 5) is 18.5. The second-order valence-electron chi connectivity index (χ2n) is 4.88. The smallest absolute Gasteiger partial charge is 0.224 e. The zero-order valence-corrected chi connectivity index (χ0v) is 12.9. The first kappa shape index (κ1) is 15.7. The molecule has 1 aromatic rings. The lowest BCUT2D eigenvalue weighted by Gasteiger charge is -2.27. The molecule has 6 nitrogen and oxygen atoms in total. The lowest BCUT2D eigenvalue weighted by atomic mass is 10.2. The number of hydrogen-bond donors (Lipinski definition) is 2. The van der Waals surface area contributed by atoms with E-state index in [2.05, 4.69) is 10.3 Å². The Morgan fingerprint density at radius 1 is 1.48 bits per heavy atom. The van der Waals surface area contributed by atoms with Crippen molar-refractivity contribution < 1.29 is 9.53 Å². The van der Waals surface area contributed by atoms with Gasteiger partial charge in [-0.1, -0.05) is 12.2 Å². The second-order valence-corrected chi connectivity index (χ2v) is 5.32. The highest BCUT2D eigenvalue weighted by atomic mass is 32.1. The SMILES string of the molecule is Cc1ccc(C(N)=S)c(NCCC(=O)N2CCOCC2)n1. The lowest BCUT2D eigenvalue weighted by Crippen LogP contribution is -2.41. The Hall–Kier alpha value is -1.73. The number of aryl methyl sites for hydroxylation is 1. The summed E-state index contributed by atoms with van der Waals surface area (Å²) < 4.78 is 5.23. The van der Waals surface area contributed by atoms with Crippen LogP contribution in [-0.4, -0.2) is 53.6 Å². The Kier molecular flexibility index (Phi) is 5.46. The lowest BCUT2D eigenvalue weighted by molar-refractivity contribution is -0.134. The fourth-order valence-electron chi connectivity index (χ4n) is 2.15. The number of morpholine rings is 1. The molecule has 0 unspecified atom stereocenters. The quantitative estimate of drug-likeness (QED) is 0.779. The number of nitrogens with one attached hydrogen (secondary N) is 1. The number of thiocarbonyl (C=S) groups is 1. The summed E-state index contributed by atoms with van der Waals surface area (Å²) in [5.74, 6) is 0.757. The topological polar surface area (TPSA) is 80.5 Å². The van der Waals surface area contributed by atoms with Crippen LogP contribution in [0.15, 0.2) is 12.1 Å². The van der Waals surface area contributed by atoms with E-state index in [1.807, 2.05) is 24.0 Å². The van der Waals surface area contributed by atoms with Gasteiger partial charge in [-0.25, -0.2) is 4.98 Å². The maximum Gasteiger partial charge on any atom is 0.224 e. The van der Waals surface area contributed by atoms with Crippen molar-refractivity contribution in [2.45, 2.75) is 13.3 Å². The molecule has 0 atom stereocenters. The molecule has 1 aliphatic heterocycles. The van der Waals surface area contributed by atoms with Gasteiger partial charge in [-0.15, -0.1) is 0 Å². The van der Waals surface area contributed by atoms with Crippen LogP contribution in [0.1, 0.15) is 17.7 Å². The highest BCUT2D eigenvalue weighted by molar-refractivity contribution is 7.80. The number of rotatable bonds is 5. The van der Waals surface area contributed by atoms with Crippen LogP contribution in [0.4, 0.5) is 5.82 Å². The number of amides is 1. The van der Waals surface area contributed by atoms with E-state index in [1.54, 1.807) is 0 Å². The van der Waals surface area contributed by atoms with Gasteiger partial charge in [-0.2, -0.15) is 0 Å². The minimum Gasteiger partial charge on any atom is -0.389 e. The Morgan fingerprint density at radius 2 is 2.19 bits per heavy atom. The predicted octanol–water partition coefficient (Wildman–Crippen LogP) is 0.685. The first-order chi connectivity index (χ1) is 10.1. The van der Waals surface area contributed by atoms with Gasteiger partial charge in [0.15, 0.2) is 0 Å². The largest absolute Gasteiger partial charge is 0.389 e. The molecule has 1 amide bonds. The third-order valence-corrected chi connectivity index (χ3v) is 3.51. The van der Waals surface area contributed by atoms with Gasteiger partial charge < -0.3 is 20.7 Å². The van der Waals surface area contributed by atoms with Crippen molar-refractivity contribution in [2.75, 3.05) is 38.2 Å². The minimum atomic E-state index is 0.121. The maximum absolute atomic E-state index is 12.0. The van der Waals surface area contributed by atoms with E-state index in [-0.39, 0.29) is 5.91 Å². The number of carbonyl (C=O) groups excluding carboxylic acids is 1. The van der Waals surface area contributed by atoms with Gasteiger partial charge in [0.1, 0.15) is 10.8 Å². The molecule has 114 valence electrons. The summed E-state index contributed by atoms with van der Waals surface area (Å²) in [7, 11) is 0. The summed E-state index contributed by atoms with van der Waals surface area (Å²) in [5, 5.41) is 3.15. The average Bonchev–Trinajstić information content (AvgIpc) is 2.48. The van der Waals surface area contributed by atoms with Gasteiger partial charge in [0.25, 0.3) is 0 Å². The van der Waals surface area contributed by atoms with Crippen molar-refractivity contribution in [2.24, 2.45) is 5.73 Å². The van der Waals surface area contributed by atoms with Crippen LogP contribution in [0.25, 0.3) is 0 Å². The summed E-state index contributed by atoms with van der Waals surface area (Å²) in [5.41, 5.74) is 7.25. The van der Waals surface area contributed by atoms with Crippen LogP contribution in [0.2, 0.25) is 0 Å². The van der Waals surface area contributed by atoms with Gasteiger partial charge >= 0.3 is 0 Å². The highest BCUT2D eigenvalue weighted by Gasteiger charge is 2.16. The van der Waals surface area contributed by atoms with Crippen LogP contribution in [0.3, 0.4) is 0 Å². The van der Waals surface area contributed by atoms with Crippen LogP contribution in [0, 0.1) is 6.92 Å². The van der Waals surface area contributed by atoms with Crippen molar-refractivity contribution in [3.63, 3.8) is 0 Å². The summed E-state index contributed by atoms with van der Waals surface area (Å²) in [6, 6.07) is 3.70. The van der Waals surface area contributed by atoms with Gasteiger partial charge in [0.2, 0.25) is 5.91 Å². The van der Waals surface area contributed by atoms with E-state index in [0.717, 1.165) is 5.69 Å². The number of ether oxygens (including phenoxy) is 1. The van der Waals surface area contributed by atoms with Gasteiger partial charge in [0, 0.05) is 31.7 Å². The monoisotopic (exact) mass is 308 g/mol. The molecule has 0 aromatic carbocycles. The Morgan fingerprint density at radius 3 is 2.86 bits per heavy atom. The van der Waals surface area contributed by atoms with Crippen LogP contribution in [-0.2, 0) is 9.53 Å². The van der Waals surface area contributed by atoms with E-state index >= 15 is 0 Å². The van der Waals surface area contributed by atoms with Crippen LogP contribution in [0.5, 0.6) is 0 Å². The predicted molar refractivity (Wildman–Crippen MR) is 85.4 cm³/mol. The summed E-state index contributed by atoms with van der Waals surface area (Å²) in [6.45, 7) is 4.96. The molecule has 1 saturated heterocycles. The molecule has 0 radical (unpaired) electrons. The average molecular weight is 308 g/mol. The zero-order chi connectivity index (χ0) is 15.2. The first-order valence-electron chi connectivity index (χ1n) is 6.95. The molecule has 0 aliphatic carbocycles. The molecular formula is C14H20N4O2S. The number of nitrogens with zero attached hydrogens (tertiary/aromatic N) is 2. The third-order valence-electron chi connectivity index (χ3n) is 3.30. The van der Waals surface area contributed by atoms with Crippen LogP contribution < -0.4 is 11.1 Å². The molecule has 7 heteroatoms. The molecule has 21 heavy (non-hydrogen) atoms. The fraction of sp³-hybridized carbons (Fsp3) is 0.500. The summed E-state index contributed by atoms with van der Waals surface area (Å²) in [6.07, 6.45) is 0.409. The van der Waals surface area contributed by atoms with E-state index < -0.39 is 0 Å². The third kappa shape index (κ3) is 4.37. The standard InChI is InChI=1S/C14H20N4O2S/c1-10-2-3-11(13(15)21)14(17-10)16-5-4-12(19)18-6-8-20-9-7-18/h2-3H,4-9H2,1H3,(H2,15,21)(H,16,17). The first-order valence-corrected chi connectivity index (χ1v) is 7.35. The molecular weight excluding hydrogens is 288 g/mol. The Bertz CT molecular complexity index is 530. The fourth-order valence-corrected chi connectivity index (χ4v) is 2.31. The Labute approximate surface area is 129 Å². The number of carbonyl (C=O) groups is 1. The molecule has 0 saturated carbocycles. The van der Waals surface area contributed by atoms with Crippen molar-refractivity contribution >= 4 is 28.9 Å². The van der Waals surface area contributed by atoms with E-state index in [0.29, 0.717) is 55.6 Å². The van der Waals surface area contributed by atoms with Gasteiger partial charge in [-0.05, 0) is 19.1 Å². The van der Waals surface area contributed by atoms with Gasteiger partial charge in [-0.3, -0.25) is 4.79 Å². The van der Waals surface area contributed by atoms with Crippen molar-refractivity contribution in [3.8, 4) is 0 Å². The summed E-state index contributed by atoms with van der Waals surface area (Å²) >= 11 is 5.01. The van der Waals surface area contributed by atoms with Crippen LogP contribution >= 0.6 is 12.2 Å². The number of anilines is 1. The number of nitrogens with two attached hydrogens (primary N) is 1. The molecule has 2 heterocycles.